The van der Waals surface area contributed by atoms with Gasteiger partial charge < -0.3 is 4.90 Å². The summed E-state index contributed by atoms with van der Waals surface area (Å²) < 4.78 is 13.1. The Balaban J connectivity index is 1.69. The molecule has 0 atom stereocenters. The second-order valence-electron chi connectivity index (χ2n) is 5.89. The van der Waals surface area contributed by atoms with Crippen LogP contribution in [0.3, 0.4) is 0 Å². The molecule has 0 unspecified atom stereocenters. The lowest BCUT2D eigenvalue weighted by atomic mass is 10.1. The van der Waals surface area contributed by atoms with Crippen molar-refractivity contribution in [1.82, 2.24) is 10.3 Å². The molecule has 4 rings (SSSR count). The molecule has 2 aromatic carbocycles. The van der Waals surface area contributed by atoms with Crippen LogP contribution < -0.4 is 10.2 Å². The number of amides is 4. The molecule has 0 bridgehead atoms. The van der Waals surface area contributed by atoms with Gasteiger partial charge in [0, 0.05) is 5.56 Å². The summed E-state index contributed by atoms with van der Waals surface area (Å²) in [5.74, 6) is -1.21. The van der Waals surface area contributed by atoms with Crippen molar-refractivity contribution in [3.8, 4) is 0 Å². The maximum atomic E-state index is 13.1. The van der Waals surface area contributed by atoms with E-state index in [9.17, 15) is 18.8 Å². The van der Waals surface area contributed by atoms with Crippen LogP contribution in [-0.2, 0) is 16.1 Å². The summed E-state index contributed by atoms with van der Waals surface area (Å²) >= 11 is 0. The smallest absolute Gasteiger partial charge is 0.302 e. The molecule has 2 heterocycles. The summed E-state index contributed by atoms with van der Waals surface area (Å²) in [5.41, 5.74) is 2.07. The molecule has 0 radical (unpaired) electrons. The Kier molecular flexibility index (Phi) is 3.72. The van der Waals surface area contributed by atoms with Gasteiger partial charge in [-0.1, -0.05) is 30.3 Å². The number of hydrazone groups is 1. The molecule has 1 saturated heterocycles. The second-order valence-corrected chi connectivity index (χ2v) is 5.89. The SMILES string of the molecule is O=C1CN(/N=C2\C(=O)N(Cc3ccc(F)cc3)c3ccccc32)C(=O)N1. The maximum absolute atomic E-state index is 13.1. The molecule has 0 aromatic heterocycles. The number of para-hydroxylation sites is 1. The molecule has 0 aliphatic carbocycles. The Morgan fingerprint density at radius 1 is 1.04 bits per heavy atom. The average Bonchev–Trinajstić information content (AvgIpc) is 3.08. The molecule has 26 heavy (non-hydrogen) atoms. The quantitative estimate of drug-likeness (QED) is 0.853. The first kappa shape index (κ1) is 15.9. The number of nitrogens with zero attached hydrogens (tertiary/aromatic N) is 3. The Morgan fingerprint density at radius 3 is 2.46 bits per heavy atom. The van der Waals surface area contributed by atoms with Gasteiger partial charge in [0.2, 0.25) is 5.91 Å². The van der Waals surface area contributed by atoms with Crippen LogP contribution in [0.4, 0.5) is 14.9 Å². The summed E-state index contributed by atoms with van der Waals surface area (Å²) in [6.45, 7) is 0.00994. The number of hydrogen-bond donors (Lipinski definition) is 1. The Labute approximate surface area is 147 Å². The van der Waals surface area contributed by atoms with Crippen molar-refractivity contribution in [2.45, 2.75) is 6.54 Å². The van der Waals surface area contributed by atoms with E-state index in [0.717, 1.165) is 10.6 Å². The molecule has 1 fully saturated rings. The zero-order valence-corrected chi connectivity index (χ0v) is 13.5. The number of benzene rings is 2. The van der Waals surface area contributed by atoms with Crippen LogP contribution in [0.25, 0.3) is 0 Å². The van der Waals surface area contributed by atoms with E-state index in [-0.39, 0.29) is 30.5 Å². The maximum Gasteiger partial charge on any atom is 0.345 e. The number of anilines is 1. The first-order valence-corrected chi connectivity index (χ1v) is 7.88. The number of carbonyl (C=O) groups is 3. The van der Waals surface area contributed by atoms with Gasteiger partial charge >= 0.3 is 6.03 Å². The summed E-state index contributed by atoms with van der Waals surface area (Å²) in [7, 11) is 0. The van der Waals surface area contributed by atoms with E-state index in [0.29, 0.717) is 11.3 Å². The van der Waals surface area contributed by atoms with Crippen molar-refractivity contribution in [3.05, 3.63) is 65.5 Å². The predicted molar refractivity (Wildman–Crippen MR) is 90.8 cm³/mol. The third kappa shape index (κ3) is 2.71. The highest BCUT2D eigenvalue weighted by Gasteiger charge is 2.36. The highest BCUT2D eigenvalue weighted by Crippen LogP contribution is 2.31. The van der Waals surface area contributed by atoms with Gasteiger partial charge in [-0.25, -0.2) is 14.2 Å². The van der Waals surface area contributed by atoms with Gasteiger partial charge in [0.15, 0.2) is 5.71 Å². The molecule has 0 saturated carbocycles. The molecule has 2 aromatic rings. The van der Waals surface area contributed by atoms with Crippen LogP contribution in [0, 0.1) is 5.82 Å². The second kappa shape index (κ2) is 6.07. The van der Waals surface area contributed by atoms with Gasteiger partial charge in [-0.15, -0.1) is 0 Å². The van der Waals surface area contributed by atoms with E-state index in [1.165, 1.54) is 17.0 Å². The summed E-state index contributed by atoms with van der Waals surface area (Å²) in [4.78, 5) is 37.4. The molecule has 8 heteroatoms. The zero-order chi connectivity index (χ0) is 18.3. The molecular formula is C18H13FN4O3. The minimum Gasteiger partial charge on any atom is -0.302 e. The largest absolute Gasteiger partial charge is 0.345 e. The molecular weight excluding hydrogens is 339 g/mol. The third-order valence-electron chi connectivity index (χ3n) is 4.15. The fraction of sp³-hybridized carbons (Fsp3) is 0.111. The van der Waals surface area contributed by atoms with Gasteiger partial charge in [-0.2, -0.15) is 5.10 Å². The number of nitrogens with one attached hydrogen (secondary N) is 1. The third-order valence-corrected chi connectivity index (χ3v) is 4.15. The molecule has 2 aliphatic heterocycles. The predicted octanol–water partition coefficient (Wildman–Crippen LogP) is 1.63. The minimum atomic E-state index is -0.662. The van der Waals surface area contributed by atoms with Crippen molar-refractivity contribution >= 4 is 29.2 Å². The standard InChI is InChI=1S/C18H13FN4O3/c19-12-7-5-11(6-8-12)9-22-14-4-2-1-3-13(14)16(17(22)25)21-23-10-15(24)20-18(23)26/h1-8H,9-10H2,(H,20,24,26)/b21-16-. The van der Waals surface area contributed by atoms with Crippen molar-refractivity contribution in [2.75, 3.05) is 11.4 Å². The van der Waals surface area contributed by atoms with E-state index < -0.39 is 11.9 Å². The minimum absolute atomic E-state index is 0.0903. The van der Waals surface area contributed by atoms with E-state index >= 15 is 0 Å². The van der Waals surface area contributed by atoms with Crippen molar-refractivity contribution < 1.29 is 18.8 Å². The Hall–Kier alpha value is -3.55. The normalized spacial score (nSPS) is 17.9. The van der Waals surface area contributed by atoms with E-state index in [1.54, 1.807) is 36.4 Å². The van der Waals surface area contributed by atoms with Crippen LogP contribution >= 0.6 is 0 Å². The molecule has 0 spiro atoms. The van der Waals surface area contributed by atoms with Crippen LogP contribution in [0.5, 0.6) is 0 Å². The summed E-state index contributed by atoms with van der Waals surface area (Å²) in [5, 5.41) is 7.16. The first-order chi connectivity index (χ1) is 12.5. The number of rotatable bonds is 3. The molecule has 2 aliphatic rings. The number of imide groups is 1. The number of carbonyl (C=O) groups excluding carboxylic acids is 3. The van der Waals surface area contributed by atoms with Gasteiger partial charge in [0.1, 0.15) is 12.4 Å². The Morgan fingerprint density at radius 2 is 1.77 bits per heavy atom. The highest BCUT2D eigenvalue weighted by molar-refractivity contribution is 6.54. The number of fused-ring (bicyclic) bond motifs is 1. The lowest BCUT2D eigenvalue weighted by molar-refractivity contribution is -0.118. The topological polar surface area (TPSA) is 82.1 Å². The van der Waals surface area contributed by atoms with Crippen LogP contribution in [0.15, 0.2) is 53.6 Å². The van der Waals surface area contributed by atoms with Crippen molar-refractivity contribution in [1.29, 1.82) is 0 Å². The molecule has 1 N–H and O–H groups in total. The monoisotopic (exact) mass is 352 g/mol. The lowest BCUT2D eigenvalue weighted by Gasteiger charge is -2.17. The van der Waals surface area contributed by atoms with Gasteiger partial charge in [0.25, 0.3) is 5.91 Å². The van der Waals surface area contributed by atoms with Crippen molar-refractivity contribution in [2.24, 2.45) is 5.10 Å². The van der Waals surface area contributed by atoms with Gasteiger partial charge in [-0.05, 0) is 23.8 Å². The molecule has 130 valence electrons. The van der Waals surface area contributed by atoms with E-state index in [1.807, 2.05) is 0 Å². The fourth-order valence-electron chi connectivity index (χ4n) is 2.92. The van der Waals surface area contributed by atoms with Crippen LogP contribution in [-0.4, -0.2) is 35.1 Å². The summed E-state index contributed by atoms with van der Waals surface area (Å²) in [6, 6.07) is 12.3. The van der Waals surface area contributed by atoms with Gasteiger partial charge in [0.05, 0.1) is 12.2 Å². The number of hydrogen-bond acceptors (Lipinski definition) is 4. The number of halogens is 1. The van der Waals surface area contributed by atoms with E-state index in [4.69, 9.17) is 0 Å². The van der Waals surface area contributed by atoms with Crippen LogP contribution in [0.1, 0.15) is 11.1 Å². The highest BCUT2D eigenvalue weighted by atomic mass is 19.1. The van der Waals surface area contributed by atoms with Crippen molar-refractivity contribution in [3.63, 3.8) is 0 Å². The van der Waals surface area contributed by atoms with E-state index in [2.05, 4.69) is 10.4 Å². The average molecular weight is 352 g/mol. The Bertz CT molecular complexity index is 955. The first-order valence-electron chi connectivity index (χ1n) is 7.88. The molecule has 4 amide bonds. The van der Waals surface area contributed by atoms with Gasteiger partial charge in [-0.3, -0.25) is 14.9 Å². The summed E-state index contributed by atoms with van der Waals surface area (Å²) in [6.07, 6.45) is 0. The molecule has 7 nitrogen and oxygen atoms in total. The number of urea groups is 1. The lowest BCUT2D eigenvalue weighted by Crippen LogP contribution is -2.32. The van der Waals surface area contributed by atoms with Crippen LogP contribution in [0.2, 0.25) is 0 Å². The zero-order valence-electron chi connectivity index (χ0n) is 13.5. The fourth-order valence-corrected chi connectivity index (χ4v) is 2.92.